The molecule has 0 saturated carbocycles. The molecule has 0 aliphatic carbocycles. The van der Waals surface area contributed by atoms with Crippen molar-refractivity contribution in [3.63, 3.8) is 0 Å². The van der Waals surface area contributed by atoms with Crippen LogP contribution in [0.3, 0.4) is 0 Å². The number of methoxy groups -OCH3 is 1. The minimum atomic E-state index is -0.471. The first-order chi connectivity index (χ1) is 11.7. The van der Waals surface area contributed by atoms with Crippen LogP contribution in [0.25, 0.3) is 0 Å². The highest BCUT2D eigenvalue weighted by atomic mass is 16.5. The molecule has 1 amide bonds. The third-order valence-electron chi connectivity index (χ3n) is 4.53. The highest BCUT2D eigenvalue weighted by Gasteiger charge is 2.29. The van der Waals surface area contributed by atoms with E-state index in [9.17, 15) is 9.59 Å². The summed E-state index contributed by atoms with van der Waals surface area (Å²) < 4.78 is 8.37. The molecular formula is C15H18N6O3. The Balaban J connectivity index is 1.56. The van der Waals surface area contributed by atoms with Gasteiger partial charge in [0.2, 0.25) is 5.82 Å². The maximum atomic E-state index is 12.8. The van der Waals surface area contributed by atoms with Crippen LogP contribution in [-0.4, -0.2) is 55.0 Å². The van der Waals surface area contributed by atoms with Crippen molar-refractivity contribution in [2.45, 2.75) is 38.9 Å². The van der Waals surface area contributed by atoms with Crippen LogP contribution in [0.5, 0.6) is 0 Å². The second-order valence-electron chi connectivity index (χ2n) is 6.01. The molecule has 0 bridgehead atoms. The third kappa shape index (κ3) is 2.36. The number of carbonyl (C=O) groups is 2. The number of aryl methyl sites for hydroxylation is 1. The quantitative estimate of drug-likeness (QED) is 0.733. The van der Waals surface area contributed by atoms with E-state index in [0.717, 1.165) is 37.3 Å². The first-order valence-corrected chi connectivity index (χ1v) is 8.04. The van der Waals surface area contributed by atoms with Gasteiger partial charge in [-0.3, -0.25) is 9.48 Å². The standard InChI is InChI=1S/C15H18N6O3/c1-24-15(23)11-8-10-9-19(6-7-21(10)18-11)14(22)13-17-16-12-4-2-3-5-20(12)13/h8H,2-7,9H2,1H3. The predicted molar refractivity (Wildman–Crippen MR) is 81.3 cm³/mol. The molecule has 4 heterocycles. The maximum Gasteiger partial charge on any atom is 0.358 e. The number of ether oxygens (including phenoxy) is 1. The van der Waals surface area contributed by atoms with Gasteiger partial charge in [0.05, 0.1) is 25.9 Å². The van der Waals surface area contributed by atoms with Crippen LogP contribution in [-0.2, 0) is 30.8 Å². The van der Waals surface area contributed by atoms with Crippen LogP contribution in [0.2, 0.25) is 0 Å². The maximum absolute atomic E-state index is 12.8. The number of fused-ring (bicyclic) bond motifs is 2. The molecule has 0 unspecified atom stereocenters. The van der Waals surface area contributed by atoms with Gasteiger partial charge in [-0.1, -0.05) is 0 Å². The number of nitrogens with zero attached hydrogens (tertiary/aromatic N) is 6. The Morgan fingerprint density at radius 1 is 1.17 bits per heavy atom. The summed E-state index contributed by atoms with van der Waals surface area (Å²) in [5.74, 6) is 0.703. The van der Waals surface area contributed by atoms with Gasteiger partial charge < -0.3 is 14.2 Å². The summed E-state index contributed by atoms with van der Waals surface area (Å²) in [6.45, 7) is 2.25. The Bertz CT molecular complexity index is 808. The lowest BCUT2D eigenvalue weighted by Gasteiger charge is -2.27. The zero-order valence-corrected chi connectivity index (χ0v) is 13.4. The van der Waals surface area contributed by atoms with Crippen LogP contribution in [0, 0.1) is 0 Å². The smallest absolute Gasteiger partial charge is 0.358 e. The molecule has 0 spiro atoms. The molecule has 2 aliphatic heterocycles. The lowest BCUT2D eigenvalue weighted by Crippen LogP contribution is -2.39. The van der Waals surface area contributed by atoms with Gasteiger partial charge in [0.15, 0.2) is 5.69 Å². The average Bonchev–Trinajstić information content (AvgIpc) is 3.23. The van der Waals surface area contributed by atoms with E-state index in [1.807, 2.05) is 4.57 Å². The molecular weight excluding hydrogens is 312 g/mol. The Morgan fingerprint density at radius 3 is 2.88 bits per heavy atom. The van der Waals surface area contributed by atoms with E-state index in [-0.39, 0.29) is 11.6 Å². The van der Waals surface area contributed by atoms with Gasteiger partial charge in [-0.15, -0.1) is 10.2 Å². The summed E-state index contributed by atoms with van der Waals surface area (Å²) in [5, 5.41) is 12.5. The molecule has 2 aromatic heterocycles. The van der Waals surface area contributed by atoms with Crippen LogP contribution < -0.4 is 0 Å². The number of hydrogen-bond donors (Lipinski definition) is 0. The predicted octanol–water partition coefficient (Wildman–Crippen LogP) is 0.253. The normalized spacial score (nSPS) is 16.5. The summed E-state index contributed by atoms with van der Waals surface area (Å²) >= 11 is 0. The Labute approximate surface area is 138 Å². The average molecular weight is 330 g/mol. The highest BCUT2D eigenvalue weighted by Crippen LogP contribution is 2.19. The fourth-order valence-electron chi connectivity index (χ4n) is 3.25. The molecule has 0 aromatic carbocycles. The van der Waals surface area contributed by atoms with E-state index >= 15 is 0 Å². The molecule has 24 heavy (non-hydrogen) atoms. The van der Waals surface area contributed by atoms with E-state index in [1.54, 1.807) is 15.6 Å². The number of amides is 1. The minimum Gasteiger partial charge on any atom is -0.464 e. The van der Waals surface area contributed by atoms with Crippen molar-refractivity contribution in [1.82, 2.24) is 29.4 Å². The van der Waals surface area contributed by atoms with Gasteiger partial charge in [-0.05, 0) is 18.9 Å². The van der Waals surface area contributed by atoms with Crippen molar-refractivity contribution in [2.75, 3.05) is 13.7 Å². The minimum absolute atomic E-state index is 0.122. The Morgan fingerprint density at radius 2 is 2.04 bits per heavy atom. The van der Waals surface area contributed by atoms with Gasteiger partial charge in [-0.25, -0.2) is 4.79 Å². The number of esters is 1. The lowest BCUT2D eigenvalue weighted by molar-refractivity contribution is 0.0590. The van der Waals surface area contributed by atoms with Crippen LogP contribution >= 0.6 is 0 Å². The highest BCUT2D eigenvalue weighted by molar-refractivity contribution is 5.91. The number of hydrogen-bond acceptors (Lipinski definition) is 6. The van der Waals surface area contributed by atoms with Gasteiger partial charge in [0.25, 0.3) is 5.91 Å². The molecule has 9 heteroatoms. The summed E-state index contributed by atoms with van der Waals surface area (Å²) in [6, 6.07) is 1.67. The van der Waals surface area contributed by atoms with Crippen molar-refractivity contribution in [1.29, 1.82) is 0 Å². The fourth-order valence-corrected chi connectivity index (χ4v) is 3.25. The molecule has 2 aromatic rings. The first-order valence-electron chi connectivity index (χ1n) is 8.04. The zero-order chi connectivity index (χ0) is 16.7. The molecule has 2 aliphatic rings. The van der Waals surface area contributed by atoms with Crippen molar-refractivity contribution in [3.8, 4) is 0 Å². The summed E-state index contributed by atoms with van der Waals surface area (Å²) in [4.78, 5) is 26.1. The Hall–Kier alpha value is -2.71. The van der Waals surface area contributed by atoms with Crippen LogP contribution in [0.15, 0.2) is 6.07 Å². The second kappa shape index (κ2) is 5.73. The molecule has 0 atom stereocenters. The van der Waals surface area contributed by atoms with Crippen molar-refractivity contribution in [3.05, 3.63) is 29.1 Å². The van der Waals surface area contributed by atoms with Crippen molar-refractivity contribution in [2.24, 2.45) is 0 Å². The molecule has 0 radical (unpaired) electrons. The van der Waals surface area contributed by atoms with E-state index in [1.165, 1.54) is 7.11 Å². The molecule has 0 saturated heterocycles. The monoisotopic (exact) mass is 330 g/mol. The van der Waals surface area contributed by atoms with Gasteiger partial charge >= 0.3 is 5.97 Å². The zero-order valence-electron chi connectivity index (χ0n) is 13.4. The molecule has 0 N–H and O–H groups in total. The third-order valence-corrected chi connectivity index (χ3v) is 4.53. The van der Waals surface area contributed by atoms with Crippen LogP contribution in [0.1, 0.15) is 45.5 Å². The SMILES string of the molecule is COC(=O)c1cc2n(n1)CCN(C(=O)c1nnc3n1CCCC3)C2. The Kier molecular flexibility index (Phi) is 3.55. The topological polar surface area (TPSA) is 95.1 Å². The van der Waals surface area contributed by atoms with E-state index in [2.05, 4.69) is 15.3 Å². The summed E-state index contributed by atoms with van der Waals surface area (Å²) in [6.07, 6.45) is 3.00. The lowest BCUT2D eigenvalue weighted by atomic mass is 10.1. The van der Waals surface area contributed by atoms with Crippen LogP contribution in [0.4, 0.5) is 0 Å². The summed E-state index contributed by atoms with van der Waals surface area (Å²) in [7, 11) is 1.32. The largest absolute Gasteiger partial charge is 0.464 e. The molecule has 9 nitrogen and oxygen atoms in total. The summed E-state index contributed by atoms with van der Waals surface area (Å²) in [5.41, 5.74) is 1.08. The van der Waals surface area contributed by atoms with E-state index < -0.39 is 5.97 Å². The number of rotatable bonds is 2. The molecule has 126 valence electrons. The van der Waals surface area contributed by atoms with E-state index in [4.69, 9.17) is 4.74 Å². The fraction of sp³-hybridized carbons (Fsp3) is 0.533. The van der Waals surface area contributed by atoms with Gasteiger partial charge in [0.1, 0.15) is 5.82 Å². The first kappa shape index (κ1) is 14.9. The molecule has 0 fully saturated rings. The number of aromatic nitrogens is 5. The second-order valence-corrected chi connectivity index (χ2v) is 6.01. The van der Waals surface area contributed by atoms with Gasteiger partial charge in [0, 0.05) is 19.5 Å². The van der Waals surface area contributed by atoms with Crippen molar-refractivity contribution >= 4 is 11.9 Å². The molecule has 4 rings (SSSR count). The number of carbonyl (C=O) groups excluding carboxylic acids is 2. The van der Waals surface area contributed by atoms with E-state index in [0.29, 0.717) is 25.5 Å². The van der Waals surface area contributed by atoms with Gasteiger partial charge in [-0.2, -0.15) is 5.10 Å². The van der Waals surface area contributed by atoms with Crippen molar-refractivity contribution < 1.29 is 14.3 Å².